The Labute approximate surface area is 116 Å². The van der Waals surface area contributed by atoms with E-state index in [4.69, 9.17) is 25.8 Å². The molecule has 0 fully saturated rings. The van der Waals surface area contributed by atoms with Crippen LogP contribution < -0.4 is 14.2 Å². The SMILES string of the molecule is COc1cccc(OC)c1-c1ncnc(Cl)c1OC. The fourth-order valence-corrected chi connectivity index (χ4v) is 2.01. The highest BCUT2D eigenvalue weighted by Crippen LogP contribution is 2.42. The third-order valence-electron chi connectivity index (χ3n) is 2.63. The maximum atomic E-state index is 6.01. The summed E-state index contributed by atoms with van der Waals surface area (Å²) < 4.78 is 15.9. The van der Waals surface area contributed by atoms with Crippen LogP contribution in [0.15, 0.2) is 24.5 Å². The van der Waals surface area contributed by atoms with Gasteiger partial charge in [0.2, 0.25) is 0 Å². The topological polar surface area (TPSA) is 53.5 Å². The third-order valence-corrected chi connectivity index (χ3v) is 2.90. The Morgan fingerprint density at radius 1 is 0.947 bits per heavy atom. The summed E-state index contributed by atoms with van der Waals surface area (Å²) in [6.07, 6.45) is 1.37. The van der Waals surface area contributed by atoms with E-state index < -0.39 is 0 Å². The van der Waals surface area contributed by atoms with E-state index in [0.717, 1.165) is 0 Å². The van der Waals surface area contributed by atoms with E-state index in [-0.39, 0.29) is 5.15 Å². The molecule has 0 N–H and O–H groups in total. The number of rotatable bonds is 4. The second-order valence-corrected chi connectivity index (χ2v) is 3.94. The Kier molecular flexibility index (Phi) is 4.06. The van der Waals surface area contributed by atoms with Crippen molar-refractivity contribution < 1.29 is 14.2 Å². The van der Waals surface area contributed by atoms with E-state index in [1.54, 1.807) is 14.2 Å². The average molecular weight is 281 g/mol. The van der Waals surface area contributed by atoms with Crippen LogP contribution >= 0.6 is 11.6 Å². The maximum absolute atomic E-state index is 6.01. The van der Waals surface area contributed by atoms with Gasteiger partial charge in [0.25, 0.3) is 0 Å². The second kappa shape index (κ2) is 5.75. The molecule has 5 nitrogen and oxygen atoms in total. The van der Waals surface area contributed by atoms with Crippen LogP contribution in [0.25, 0.3) is 11.3 Å². The molecule has 6 heteroatoms. The van der Waals surface area contributed by atoms with Gasteiger partial charge in [-0.3, -0.25) is 0 Å². The van der Waals surface area contributed by atoms with Crippen molar-refractivity contribution in [2.24, 2.45) is 0 Å². The van der Waals surface area contributed by atoms with Gasteiger partial charge in [0.15, 0.2) is 10.9 Å². The minimum atomic E-state index is 0.237. The zero-order valence-corrected chi connectivity index (χ0v) is 11.6. The molecule has 1 aromatic carbocycles. The van der Waals surface area contributed by atoms with E-state index in [0.29, 0.717) is 28.5 Å². The summed E-state index contributed by atoms with van der Waals surface area (Å²) in [5.41, 5.74) is 1.20. The first-order valence-corrected chi connectivity index (χ1v) is 5.86. The minimum absolute atomic E-state index is 0.237. The van der Waals surface area contributed by atoms with Gasteiger partial charge in [-0.15, -0.1) is 0 Å². The van der Waals surface area contributed by atoms with Crippen LogP contribution in [-0.2, 0) is 0 Å². The Hall–Kier alpha value is -2.01. The van der Waals surface area contributed by atoms with Crippen molar-refractivity contribution in [3.8, 4) is 28.5 Å². The van der Waals surface area contributed by atoms with Gasteiger partial charge in [-0.2, -0.15) is 0 Å². The summed E-state index contributed by atoms with van der Waals surface area (Å²) in [6.45, 7) is 0. The molecule has 0 atom stereocenters. The Morgan fingerprint density at radius 3 is 2.11 bits per heavy atom. The molecule has 0 saturated carbocycles. The third kappa shape index (κ3) is 2.42. The highest BCUT2D eigenvalue weighted by atomic mass is 35.5. The summed E-state index contributed by atoms with van der Waals surface area (Å²) in [5.74, 6) is 1.62. The number of nitrogens with zero attached hydrogens (tertiary/aromatic N) is 2. The molecular weight excluding hydrogens is 268 g/mol. The van der Waals surface area contributed by atoms with Gasteiger partial charge < -0.3 is 14.2 Å². The largest absolute Gasteiger partial charge is 0.496 e. The van der Waals surface area contributed by atoms with Gasteiger partial charge in [-0.1, -0.05) is 17.7 Å². The Balaban J connectivity index is 2.74. The lowest BCUT2D eigenvalue weighted by molar-refractivity contribution is 0.393. The van der Waals surface area contributed by atoms with Crippen LogP contribution in [0.4, 0.5) is 0 Å². The number of hydrogen-bond acceptors (Lipinski definition) is 5. The first-order chi connectivity index (χ1) is 9.22. The van der Waals surface area contributed by atoms with Gasteiger partial charge in [0.05, 0.1) is 26.9 Å². The molecule has 0 radical (unpaired) electrons. The molecule has 1 heterocycles. The van der Waals surface area contributed by atoms with Gasteiger partial charge in [-0.05, 0) is 12.1 Å². The molecule has 0 unspecified atom stereocenters. The standard InChI is InChI=1S/C13H13ClN2O3/c1-17-8-5-4-6-9(18-2)10(8)11-12(19-3)13(14)16-7-15-11/h4-7H,1-3H3. The molecule has 0 aliphatic carbocycles. The second-order valence-electron chi connectivity index (χ2n) is 3.58. The molecule has 1 aromatic heterocycles. The Bertz CT molecular complexity index is 568. The van der Waals surface area contributed by atoms with Crippen LogP contribution in [0.3, 0.4) is 0 Å². The smallest absolute Gasteiger partial charge is 0.182 e. The van der Waals surface area contributed by atoms with Crippen LogP contribution in [0.1, 0.15) is 0 Å². The highest BCUT2D eigenvalue weighted by Gasteiger charge is 2.20. The minimum Gasteiger partial charge on any atom is -0.496 e. The Morgan fingerprint density at radius 2 is 1.58 bits per heavy atom. The molecule has 0 aliphatic heterocycles. The van der Waals surface area contributed by atoms with Crippen LogP contribution in [0.2, 0.25) is 5.15 Å². The van der Waals surface area contributed by atoms with Gasteiger partial charge >= 0.3 is 0 Å². The molecule has 19 heavy (non-hydrogen) atoms. The molecule has 2 aromatic rings. The predicted octanol–water partition coefficient (Wildman–Crippen LogP) is 2.82. The van der Waals surface area contributed by atoms with Crippen LogP contribution in [-0.4, -0.2) is 31.3 Å². The van der Waals surface area contributed by atoms with E-state index in [1.807, 2.05) is 18.2 Å². The van der Waals surface area contributed by atoms with Crippen LogP contribution in [0.5, 0.6) is 17.2 Å². The fraction of sp³-hybridized carbons (Fsp3) is 0.231. The summed E-state index contributed by atoms with van der Waals surface area (Å²) in [6, 6.07) is 5.46. The average Bonchev–Trinajstić information content (AvgIpc) is 2.46. The lowest BCUT2D eigenvalue weighted by Crippen LogP contribution is -1.98. The number of benzene rings is 1. The van der Waals surface area contributed by atoms with E-state index in [9.17, 15) is 0 Å². The maximum Gasteiger partial charge on any atom is 0.182 e. The first kappa shape index (κ1) is 13.4. The summed E-state index contributed by atoms with van der Waals surface area (Å²) in [7, 11) is 4.66. The molecular formula is C13H13ClN2O3. The number of ether oxygens (including phenoxy) is 3. The number of methoxy groups -OCH3 is 3. The van der Waals surface area contributed by atoms with Crippen molar-refractivity contribution in [1.82, 2.24) is 9.97 Å². The van der Waals surface area contributed by atoms with Gasteiger partial charge in [0, 0.05) is 0 Å². The van der Waals surface area contributed by atoms with E-state index >= 15 is 0 Å². The highest BCUT2D eigenvalue weighted by molar-refractivity contribution is 6.31. The molecule has 0 amide bonds. The lowest BCUT2D eigenvalue weighted by Gasteiger charge is -2.14. The summed E-state index contributed by atoms with van der Waals surface area (Å²) in [4.78, 5) is 8.11. The number of halogens is 1. The van der Waals surface area contributed by atoms with Crippen molar-refractivity contribution in [1.29, 1.82) is 0 Å². The van der Waals surface area contributed by atoms with Crippen molar-refractivity contribution in [3.05, 3.63) is 29.7 Å². The summed E-state index contributed by atoms with van der Waals surface area (Å²) in [5, 5.41) is 0.237. The first-order valence-electron chi connectivity index (χ1n) is 5.48. The zero-order chi connectivity index (χ0) is 13.8. The summed E-state index contributed by atoms with van der Waals surface area (Å²) >= 11 is 6.01. The predicted molar refractivity (Wildman–Crippen MR) is 72.1 cm³/mol. The molecule has 0 aliphatic rings. The molecule has 0 bridgehead atoms. The number of aromatic nitrogens is 2. The van der Waals surface area contributed by atoms with Crippen molar-refractivity contribution in [2.75, 3.05) is 21.3 Å². The number of hydrogen-bond donors (Lipinski definition) is 0. The molecule has 0 saturated heterocycles. The lowest BCUT2D eigenvalue weighted by atomic mass is 10.1. The normalized spacial score (nSPS) is 10.1. The molecule has 100 valence electrons. The quantitative estimate of drug-likeness (QED) is 0.806. The molecule has 2 rings (SSSR count). The van der Waals surface area contributed by atoms with Crippen molar-refractivity contribution >= 4 is 11.6 Å². The van der Waals surface area contributed by atoms with Crippen molar-refractivity contribution in [3.63, 3.8) is 0 Å². The van der Waals surface area contributed by atoms with Gasteiger partial charge in [-0.25, -0.2) is 9.97 Å². The van der Waals surface area contributed by atoms with E-state index in [1.165, 1.54) is 13.4 Å². The zero-order valence-electron chi connectivity index (χ0n) is 10.8. The van der Waals surface area contributed by atoms with Crippen LogP contribution in [0, 0.1) is 0 Å². The van der Waals surface area contributed by atoms with Gasteiger partial charge in [0.1, 0.15) is 23.5 Å². The molecule has 0 spiro atoms. The fourth-order valence-electron chi connectivity index (χ4n) is 1.80. The monoisotopic (exact) mass is 280 g/mol. The van der Waals surface area contributed by atoms with E-state index in [2.05, 4.69) is 9.97 Å². The van der Waals surface area contributed by atoms with Crippen molar-refractivity contribution in [2.45, 2.75) is 0 Å².